The van der Waals surface area contributed by atoms with E-state index in [9.17, 15) is 9.59 Å². The average Bonchev–Trinajstić information content (AvgIpc) is 2.99. The van der Waals surface area contributed by atoms with Gasteiger partial charge in [0, 0.05) is 25.9 Å². The van der Waals surface area contributed by atoms with Crippen molar-refractivity contribution in [2.75, 3.05) is 13.6 Å². The van der Waals surface area contributed by atoms with Crippen molar-refractivity contribution < 1.29 is 14.3 Å². The maximum Gasteiger partial charge on any atom is 0.271 e. The van der Waals surface area contributed by atoms with Crippen LogP contribution in [0.4, 0.5) is 0 Å². The molecule has 7 heteroatoms. The zero-order valence-electron chi connectivity index (χ0n) is 13.3. The molecule has 0 aliphatic rings. The van der Waals surface area contributed by atoms with Crippen LogP contribution in [0.1, 0.15) is 46.6 Å². The summed E-state index contributed by atoms with van der Waals surface area (Å²) in [5.74, 6) is -0.342. The Balaban J connectivity index is 2.28. The Labute approximate surface area is 134 Å². The number of H-pyrrole nitrogens is 1. The van der Waals surface area contributed by atoms with Gasteiger partial charge >= 0.3 is 0 Å². The molecule has 0 bridgehead atoms. The van der Waals surface area contributed by atoms with E-state index in [1.807, 2.05) is 32.0 Å². The van der Waals surface area contributed by atoms with E-state index in [-0.39, 0.29) is 29.3 Å². The van der Waals surface area contributed by atoms with Gasteiger partial charge in [0.25, 0.3) is 11.8 Å². The number of hydrogen-bond acceptors (Lipinski definition) is 4. The van der Waals surface area contributed by atoms with Crippen molar-refractivity contribution in [3.63, 3.8) is 0 Å². The Kier molecular flexibility index (Phi) is 5.35. The van der Waals surface area contributed by atoms with Crippen LogP contribution in [0.2, 0.25) is 0 Å². The Morgan fingerprint density at radius 3 is 2.74 bits per heavy atom. The number of pyridine rings is 1. The molecule has 0 radical (unpaired) electrons. The molecule has 0 saturated carbocycles. The van der Waals surface area contributed by atoms with E-state index >= 15 is 0 Å². The predicted octanol–water partition coefficient (Wildman–Crippen LogP) is 1.66. The summed E-state index contributed by atoms with van der Waals surface area (Å²) in [5.41, 5.74) is 1.21. The highest BCUT2D eigenvalue weighted by Gasteiger charge is 2.21. The summed E-state index contributed by atoms with van der Waals surface area (Å²) in [7, 11) is 1.51. The molecule has 3 N–H and O–H groups in total. The smallest absolute Gasteiger partial charge is 0.271 e. The molecule has 2 rings (SSSR count). The first kappa shape index (κ1) is 16.5. The van der Waals surface area contributed by atoms with Crippen molar-refractivity contribution in [3.05, 3.63) is 47.5 Å². The molecular formula is C16H20N4O3. The zero-order chi connectivity index (χ0) is 16.8. The lowest BCUT2D eigenvalue weighted by molar-refractivity contribution is 0.0951. The fourth-order valence-corrected chi connectivity index (χ4v) is 2.07. The van der Waals surface area contributed by atoms with Crippen LogP contribution < -0.4 is 15.4 Å². The van der Waals surface area contributed by atoms with Crippen molar-refractivity contribution in [1.82, 2.24) is 20.6 Å². The highest BCUT2D eigenvalue weighted by atomic mass is 16.5. The van der Waals surface area contributed by atoms with Crippen molar-refractivity contribution in [1.29, 1.82) is 0 Å². The highest BCUT2D eigenvalue weighted by Crippen LogP contribution is 2.25. The van der Waals surface area contributed by atoms with Gasteiger partial charge in [0.05, 0.1) is 5.69 Å². The molecule has 0 aliphatic heterocycles. The summed E-state index contributed by atoms with van der Waals surface area (Å²) >= 11 is 0. The first-order valence-corrected chi connectivity index (χ1v) is 7.37. The summed E-state index contributed by atoms with van der Waals surface area (Å²) in [6.07, 6.45) is 1.31. The summed E-state index contributed by atoms with van der Waals surface area (Å²) in [4.78, 5) is 30.9. The number of carbonyl (C=O) groups excluding carboxylic acids is 2. The molecule has 2 aromatic rings. The van der Waals surface area contributed by atoms with Gasteiger partial charge in [0.1, 0.15) is 17.5 Å². The molecule has 0 fully saturated rings. The van der Waals surface area contributed by atoms with Crippen LogP contribution in [-0.4, -0.2) is 35.4 Å². The highest BCUT2D eigenvalue weighted by molar-refractivity contribution is 5.99. The molecule has 7 nitrogen and oxygen atoms in total. The fourth-order valence-electron chi connectivity index (χ4n) is 2.07. The fraction of sp³-hybridized carbons (Fsp3) is 0.312. The third-order valence-corrected chi connectivity index (χ3v) is 3.23. The number of aromatic nitrogens is 2. The number of ether oxygens (including phenoxy) is 1. The lowest BCUT2D eigenvalue weighted by atomic mass is 10.2. The summed E-state index contributed by atoms with van der Waals surface area (Å²) in [6, 6.07) is 7.03. The summed E-state index contributed by atoms with van der Waals surface area (Å²) < 4.78 is 5.83. The number of rotatable bonds is 6. The van der Waals surface area contributed by atoms with Gasteiger partial charge in [-0.05, 0) is 26.0 Å². The van der Waals surface area contributed by atoms with E-state index in [1.54, 1.807) is 6.20 Å². The first-order chi connectivity index (χ1) is 11.1. The number of nitrogens with zero attached hydrogens (tertiary/aromatic N) is 1. The Bertz CT molecular complexity index is 682. The van der Waals surface area contributed by atoms with Gasteiger partial charge < -0.3 is 20.4 Å². The molecule has 0 saturated heterocycles. The molecule has 2 aromatic heterocycles. The second-order valence-electron chi connectivity index (χ2n) is 4.88. The largest absolute Gasteiger partial charge is 0.482 e. The number of carbonyl (C=O) groups is 2. The van der Waals surface area contributed by atoms with Crippen LogP contribution >= 0.6 is 0 Å². The van der Waals surface area contributed by atoms with Crippen LogP contribution in [0.5, 0.6) is 5.75 Å². The van der Waals surface area contributed by atoms with Gasteiger partial charge in [-0.15, -0.1) is 0 Å². The Morgan fingerprint density at radius 2 is 2.13 bits per heavy atom. The molecular weight excluding hydrogens is 296 g/mol. The van der Waals surface area contributed by atoms with Crippen molar-refractivity contribution in [2.24, 2.45) is 0 Å². The van der Waals surface area contributed by atoms with Crippen LogP contribution in [0, 0.1) is 0 Å². The van der Waals surface area contributed by atoms with E-state index in [0.29, 0.717) is 12.3 Å². The number of aromatic amines is 1. The van der Waals surface area contributed by atoms with E-state index < -0.39 is 0 Å². The van der Waals surface area contributed by atoms with Crippen LogP contribution in [0.25, 0.3) is 0 Å². The molecule has 122 valence electrons. The topological polar surface area (TPSA) is 96.1 Å². The average molecular weight is 316 g/mol. The monoisotopic (exact) mass is 316 g/mol. The van der Waals surface area contributed by atoms with E-state index in [1.165, 1.54) is 13.1 Å². The lowest BCUT2D eigenvalue weighted by Gasteiger charge is -2.13. The zero-order valence-corrected chi connectivity index (χ0v) is 13.3. The van der Waals surface area contributed by atoms with E-state index in [0.717, 1.165) is 5.69 Å². The summed E-state index contributed by atoms with van der Waals surface area (Å²) in [5, 5.41) is 5.20. The van der Waals surface area contributed by atoms with E-state index in [2.05, 4.69) is 20.6 Å². The van der Waals surface area contributed by atoms with Gasteiger partial charge in [-0.3, -0.25) is 14.6 Å². The van der Waals surface area contributed by atoms with Crippen LogP contribution in [-0.2, 0) is 0 Å². The maximum atomic E-state index is 12.0. The lowest BCUT2D eigenvalue weighted by Crippen LogP contribution is -2.23. The van der Waals surface area contributed by atoms with Gasteiger partial charge in [0.2, 0.25) is 0 Å². The molecule has 1 atom stereocenters. The minimum atomic E-state index is -0.363. The third-order valence-electron chi connectivity index (χ3n) is 3.23. The van der Waals surface area contributed by atoms with E-state index in [4.69, 9.17) is 4.74 Å². The molecule has 0 aromatic carbocycles. The molecule has 0 unspecified atom stereocenters. The maximum absolute atomic E-state index is 12.0. The van der Waals surface area contributed by atoms with Gasteiger partial charge in [-0.25, -0.2) is 0 Å². The summed E-state index contributed by atoms with van der Waals surface area (Å²) in [6.45, 7) is 4.14. The van der Waals surface area contributed by atoms with Crippen molar-refractivity contribution >= 4 is 11.8 Å². The van der Waals surface area contributed by atoms with Crippen molar-refractivity contribution in [3.8, 4) is 5.75 Å². The molecule has 23 heavy (non-hydrogen) atoms. The minimum Gasteiger partial charge on any atom is -0.482 e. The van der Waals surface area contributed by atoms with Crippen LogP contribution in [0.15, 0.2) is 30.5 Å². The molecule has 0 spiro atoms. The van der Waals surface area contributed by atoms with Crippen LogP contribution in [0.3, 0.4) is 0 Å². The second-order valence-corrected chi connectivity index (χ2v) is 4.88. The Morgan fingerprint density at radius 1 is 1.35 bits per heavy atom. The number of nitrogens with one attached hydrogen (secondary N) is 3. The van der Waals surface area contributed by atoms with Gasteiger partial charge in [0.15, 0.2) is 5.75 Å². The SMILES string of the molecule is CCNC(=O)c1cc(O[C@@H](C)c2ccccn2)c(C(=O)NC)[nH]1. The molecule has 2 heterocycles. The minimum absolute atomic E-state index is 0.205. The molecule has 2 amide bonds. The normalized spacial score (nSPS) is 11.6. The third kappa shape index (κ3) is 3.88. The van der Waals surface area contributed by atoms with Crippen molar-refractivity contribution in [2.45, 2.75) is 20.0 Å². The standard InChI is InChI=1S/C16H20N4O3/c1-4-18-15(21)12-9-13(14(20-12)16(22)17-3)23-10(2)11-7-5-6-8-19-11/h5-10,20H,4H2,1-3H3,(H,17,22)(H,18,21)/t10-/m0/s1. The van der Waals surface area contributed by atoms with Gasteiger partial charge in [-0.1, -0.05) is 6.07 Å². The number of hydrogen-bond donors (Lipinski definition) is 3. The molecule has 0 aliphatic carbocycles. The van der Waals surface area contributed by atoms with Gasteiger partial charge in [-0.2, -0.15) is 0 Å². The second kappa shape index (κ2) is 7.44. The number of amides is 2. The predicted molar refractivity (Wildman–Crippen MR) is 85.5 cm³/mol. The quantitative estimate of drug-likeness (QED) is 0.755. The Hall–Kier alpha value is -2.83. The first-order valence-electron chi connectivity index (χ1n) is 7.37.